The Bertz CT molecular complexity index is 603. The monoisotopic (exact) mass is 331 g/mol. The molecule has 0 spiro atoms. The molecule has 1 amide bonds. The van der Waals surface area contributed by atoms with Crippen molar-refractivity contribution < 1.29 is 32.6 Å². The number of carboxylic acid groups (broad SMARTS) is 1. The van der Waals surface area contributed by atoms with Gasteiger partial charge in [0.25, 0.3) is 0 Å². The number of benzene rings is 1. The van der Waals surface area contributed by atoms with E-state index in [9.17, 15) is 22.8 Å². The summed E-state index contributed by atoms with van der Waals surface area (Å²) in [4.78, 5) is 22.6. The van der Waals surface area contributed by atoms with Crippen LogP contribution < -0.4 is 10.1 Å². The van der Waals surface area contributed by atoms with Gasteiger partial charge in [-0.15, -0.1) is 13.2 Å². The molecule has 23 heavy (non-hydrogen) atoms. The molecule has 1 fully saturated rings. The number of amides is 1. The number of hydrogen-bond acceptors (Lipinski definition) is 3. The van der Waals surface area contributed by atoms with Crippen LogP contribution in [0.15, 0.2) is 24.3 Å². The van der Waals surface area contributed by atoms with Crippen LogP contribution in [-0.4, -0.2) is 29.9 Å². The molecule has 0 aromatic heterocycles. The third-order valence-electron chi connectivity index (χ3n) is 3.68. The molecule has 0 aliphatic heterocycles. The highest BCUT2D eigenvalue weighted by molar-refractivity contribution is 5.83. The summed E-state index contributed by atoms with van der Waals surface area (Å²) in [7, 11) is 0. The van der Waals surface area contributed by atoms with Gasteiger partial charge in [0.1, 0.15) is 5.75 Å². The molecule has 0 radical (unpaired) electrons. The molecule has 3 unspecified atom stereocenters. The number of carboxylic acids is 1. The molecule has 2 N–H and O–H groups in total. The number of para-hydroxylation sites is 1. The summed E-state index contributed by atoms with van der Waals surface area (Å²) in [5, 5.41) is 11.3. The summed E-state index contributed by atoms with van der Waals surface area (Å²) < 4.78 is 41.1. The van der Waals surface area contributed by atoms with E-state index >= 15 is 0 Å². The van der Waals surface area contributed by atoms with Crippen molar-refractivity contribution in [1.29, 1.82) is 0 Å². The molecule has 1 aliphatic rings. The Hall–Kier alpha value is -2.25. The van der Waals surface area contributed by atoms with Crippen molar-refractivity contribution in [3.63, 3.8) is 0 Å². The maximum atomic E-state index is 12.4. The molecule has 5 nitrogen and oxygen atoms in total. The lowest BCUT2D eigenvalue weighted by molar-refractivity contribution is -0.274. The summed E-state index contributed by atoms with van der Waals surface area (Å²) in [5.74, 6) is -3.23. The summed E-state index contributed by atoms with van der Waals surface area (Å²) in [6.07, 6.45) is -4.38. The average molecular weight is 331 g/mol. The van der Waals surface area contributed by atoms with Crippen LogP contribution in [0, 0.1) is 11.8 Å². The van der Waals surface area contributed by atoms with Crippen LogP contribution in [0.2, 0.25) is 0 Å². The third kappa shape index (κ3) is 4.61. The fourth-order valence-corrected chi connectivity index (χ4v) is 2.31. The topological polar surface area (TPSA) is 75.6 Å². The molecule has 0 bridgehead atoms. The second-order valence-electron chi connectivity index (χ2n) is 5.52. The van der Waals surface area contributed by atoms with Crippen molar-refractivity contribution in [2.24, 2.45) is 11.8 Å². The van der Waals surface area contributed by atoms with Crippen molar-refractivity contribution in [2.45, 2.75) is 25.6 Å². The number of alkyl halides is 3. The molecule has 0 saturated heterocycles. The second kappa shape index (κ2) is 6.47. The highest BCUT2D eigenvalue weighted by atomic mass is 19.4. The van der Waals surface area contributed by atoms with Crippen LogP contribution in [0.4, 0.5) is 13.2 Å². The minimum absolute atomic E-state index is 0.0158. The number of nitrogens with one attached hydrogen (secondary N) is 1. The van der Waals surface area contributed by atoms with Crippen LogP contribution >= 0.6 is 0 Å². The Labute approximate surface area is 130 Å². The van der Waals surface area contributed by atoms with E-state index in [2.05, 4.69) is 10.1 Å². The normalized spacial score (nSPS) is 21.4. The van der Waals surface area contributed by atoms with Gasteiger partial charge in [0.05, 0.1) is 5.92 Å². The van der Waals surface area contributed by atoms with Crippen molar-refractivity contribution in [3.8, 4) is 5.75 Å². The lowest BCUT2D eigenvalue weighted by Crippen LogP contribution is -2.32. The fraction of sp³-hybridized carbons (Fsp3) is 0.467. The standard InChI is InChI=1S/C15H16F3NO4/c1-8(14(21)22)7-19-13(20)11-6-10(11)9-4-2-3-5-12(9)23-15(16,17)18/h2-5,8,10-11H,6-7H2,1H3,(H,19,20)(H,21,22). The minimum atomic E-state index is -4.79. The quantitative estimate of drug-likeness (QED) is 0.840. The molecular formula is C15H16F3NO4. The Kier molecular flexibility index (Phi) is 4.82. The van der Waals surface area contributed by atoms with E-state index in [1.807, 2.05) is 0 Å². The molecule has 8 heteroatoms. The van der Waals surface area contributed by atoms with Gasteiger partial charge in [0.15, 0.2) is 0 Å². The smallest absolute Gasteiger partial charge is 0.481 e. The zero-order valence-corrected chi connectivity index (χ0v) is 12.3. The Morgan fingerprint density at radius 3 is 2.65 bits per heavy atom. The SMILES string of the molecule is CC(CNC(=O)C1CC1c1ccccc1OC(F)(F)F)C(=O)O. The Morgan fingerprint density at radius 1 is 1.39 bits per heavy atom. The molecule has 0 heterocycles. The molecular weight excluding hydrogens is 315 g/mol. The number of carbonyl (C=O) groups excluding carboxylic acids is 1. The average Bonchev–Trinajstić information content (AvgIpc) is 3.23. The van der Waals surface area contributed by atoms with Crippen molar-refractivity contribution in [1.82, 2.24) is 5.32 Å². The van der Waals surface area contributed by atoms with Gasteiger partial charge in [0, 0.05) is 12.5 Å². The van der Waals surface area contributed by atoms with Gasteiger partial charge in [0.2, 0.25) is 5.91 Å². The first-order valence-electron chi connectivity index (χ1n) is 7.04. The van der Waals surface area contributed by atoms with Gasteiger partial charge in [-0.3, -0.25) is 9.59 Å². The predicted molar refractivity (Wildman–Crippen MR) is 73.8 cm³/mol. The zero-order valence-electron chi connectivity index (χ0n) is 12.3. The first kappa shape index (κ1) is 17.1. The van der Waals surface area contributed by atoms with E-state index < -0.39 is 24.2 Å². The van der Waals surface area contributed by atoms with Crippen LogP contribution in [0.3, 0.4) is 0 Å². The number of ether oxygens (including phenoxy) is 1. The van der Waals surface area contributed by atoms with E-state index in [4.69, 9.17) is 5.11 Å². The summed E-state index contributed by atoms with van der Waals surface area (Å²) in [6, 6.07) is 5.72. The van der Waals surface area contributed by atoms with Gasteiger partial charge in [-0.05, 0) is 24.0 Å². The number of hydrogen-bond donors (Lipinski definition) is 2. The maximum Gasteiger partial charge on any atom is 0.573 e. The number of aliphatic carboxylic acids is 1. The largest absolute Gasteiger partial charge is 0.573 e. The second-order valence-corrected chi connectivity index (χ2v) is 5.52. The van der Waals surface area contributed by atoms with Gasteiger partial charge in [-0.2, -0.15) is 0 Å². The summed E-state index contributed by atoms with van der Waals surface area (Å²) in [5.41, 5.74) is 0.330. The molecule has 1 saturated carbocycles. The number of carbonyl (C=O) groups is 2. The predicted octanol–water partition coefficient (Wildman–Crippen LogP) is 2.53. The molecule has 1 aromatic rings. The first-order chi connectivity index (χ1) is 10.7. The van der Waals surface area contributed by atoms with E-state index in [-0.39, 0.29) is 24.1 Å². The summed E-state index contributed by atoms with van der Waals surface area (Å²) in [6.45, 7) is 1.44. The van der Waals surface area contributed by atoms with Gasteiger partial charge in [-0.1, -0.05) is 25.1 Å². The zero-order chi connectivity index (χ0) is 17.2. The van der Waals surface area contributed by atoms with Crippen molar-refractivity contribution in [2.75, 3.05) is 6.54 Å². The molecule has 126 valence electrons. The van der Waals surface area contributed by atoms with Crippen LogP contribution in [0.5, 0.6) is 5.75 Å². The minimum Gasteiger partial charge on any atom is -0.481 e. The Balaban J connectivity index is 1.98. The van der Waals surface area contributed by atoms with E-state index in [0.717, 1.165) is 0 Å². The van der Waals surface area contributed by atoms with Crippen molar-refractivity contribution in [3.05, 3.63) is 29.8 Å². The summed E-state index contributed by atoms with van der Waals surface area (Å²) >= 11 is 0. The van der Waals surface area contributed by atoms with Gasteiger partial charge < -0.3 is 15.2 Å². The maximum absolute atomic E-state index is 12.4. The van der Waals surface area contributed by atoms with E-state index in [0.29, 0.717) is 12.0 Å². The van der Waals surface area contributed by atoms with Gasteiger partial charge in [-0.25, -0.2) is 0 Å². The molecule has 2 rings (SSSR count). The lowest BCUT2D eigenvalue weighted by atomic mass is 10.1. The lowest BCUT2D eigenvalue weighted by Gasteiger charge is -2.13. The third-order valence-corrected chi connectivity index (χ3v) is 3.68. The number of halogens is 3. The van der Waals surface area contributed by atoms with E-state index in [1.54, 1.807) is 6.07 Å². The molecule has 3 atom stereocenters. The Morgan fingerprint density at radius 2 is 2.04 bits per heavy atom. The van der Waals surface area contributed by atoms with Crippen LogP contribution in [-0.2, 0) is 9.59 Å². The van der Waals surface area contributed by atoms with Crippen LogP contribution in [0.25, 0.3) is 0 Å². The molecule has 1 aromatic carbocycles. The highest BCUT2D eigenvalue weighted by Gasteiger charge is 2.46. The van der Waals surface area contributed by atoms with Gasteiger partial charge >= 0.3 is 12.3 Å². The van der Waals surface area contributed by atoms with E-state index in [1.165, 1.54) is 25.1 Å². The number of rotatable bonds is 6. The van der Waals surface area contributed by atoms with Crippen molar-refractivity contribution >= 4 is 11.9 Å². The fourth-order valence-electron chi connectivity index (χ4n) is 2.31. The molecule has 1 aliphatic carbocycles. The highest BCUT2D eigenvalue weighted by Crippen LogP contribution is 2.50. The first-order valence-corrected chi connectivity index (χ1v) is 7.04. The van der Waals surface area contributed by atoms with Crippen LogP contribution in [0.1, 0.15) is 24.8 Å².